The maximum Gasteiger partial charge on any atom is 0.338 e. The Kier molecular flexibility index (Phi) is 11.9. The van der Waals surface area contributed by atoms with E-state index in [4.69, 9.17) is 23.7 Å². The molecule has 3 aromatic rings. The normalized spacial score (nSPS) is 32.3. The Labute approximate surface area is 354 Å². The van der Waals surface area contributed by atoms with Crippen LogP contribution >= 0.6 is 0 Å². The topological polar surface area (TPSA) is 204 Å². The van der Waals surface area contributed by atoms with E-state index in [-0.39, 0.29) is 36.3 Å². The number of hydrogen-bond donors (Lipinski definition) is 4. The first-order valence-corrected chi connectivity index (χ1v) is 20.6. The third-order valence-corrected chi connectivity index (χ3v) is 13.5. The van der Waals surface area contributed by atoms with Crippen molar-refractivity contribution in [3.8, 4) is 0 Å². The minimum atomic E-state index is -2.27. The van der Waals surface area contributed by atoms with E-state index >= 15 is 4.79 Å². The number of amides is 1. The molecule has 11 atom stereocenters. The van der Waals surface area contributed by atoms with E-state index in [9.17, 15) is 34.5 Å². The van der Waals surface area contributed by atoms with E-state index in [0.29, 0.717) is 11.1 Å². The summed E-state index contributed by atoms with van der Waals surface area (Å²) in [6, 6.07) is 23.4. The molecule has 4 aliphatic rings. The van der Waals surface area contributed by atoms with Gasteiger partial charge >= 0.3 is 17.9 Å². The Morgan fingerprint density at radius 1 is 0.902 bits per heavy atom. The van der Waals surface area contributed by atoms with Crippen LogP contribution in [0.15, 0.2) is 102 Å². The van der Waals surface area contributed by atoms with Gasteiger partial charge in [-0.15, -0.1) is 0 Å². The highest BCUT2D eigenvalue weighted by Gasteiger charge is 2.78. The molecule has 4 N–H and O–H groups in total. The van der Waals surface area contributed by atoms with Crippen LogP contribution in [0.5, 0.6) is 0 Å². The summed E-state index contributed by atoms with van der Waals surface area (Å²) in [6.45, 7) is 9.12. The second kappa shape index (κ2) is 16.6. The fraction of sp³-hybridized carbons (Fsp3) is 0.468. The van der Waals surface area contributed by atoms with Crippen LogP contribution in [0, 0.1) is 16.7 Å². The lowest BCUT2D eigenvalue weighted by molar-refractivity contribution is -0.346. The third-order valence-electron chi connectivity index (χ3n) is 13.5. The van der Waals surface area contributed by atoms with E-state index in [1.165, 1.54) is 26.0 Å². The first kappa shape index (κ1) is 43.8. The molecule has 1 aliphatic heterocycles. The summed E-state index contributed by atoms with van der Waals surface area (Å²) in [5.74, 6) is -5.39. The highest BCUT2D eigenvalue weighted by molar-refractivity contribution is 5.95. The highest BCUT2D eigenvalue weighted by atomic mass is 16.6. The van der Waals surface area contributed by atoms with Crippen molar-refractivity contribution in [1.29, 1.82) is 0 Å². The number of aliphatic hydroxyl groups excluding tert-OH is 2. The van der Waals surface area contributed by atoms with E-state index < -0.39 is 107 Å². The smallest absolute Gasteiger partial charge is 0.338 e. The minimum Gasteiger partial charge on any atom is -0.456 e. The second-order valence-corrected chi connectivity index (χ2v) is 17.2. The van der Waals surface area contributed by atoms with Crippen molar-refractivity contribution in [1.82, 2.24) is 5.32 Å². The molecular weight excluding hydrogens is 787 g/mol. The molecule has 2 bridgehead atoms. The van der Waals surface area contributed by atoms with Crippen molar-refractivity contribution >= 4 is 29.6 Å². The number of hydrogen-bond acceptors (Lipinski definition) is 13. The number of benzene rings is 3. The fourth-order valence-corrected chi connectivity index (χ4v) is 10.2. The number of esters is 3. The zero-order chi connectivity index (χ0) is 44.1. The van der Waals surface area contributed by atoms with Crippen LogP contribution in [0.2, 0.25) is 0 Å². The largest absolute Gasteiger partial charge is 0.456 e. The lowest BCUT2D eigenvalue weighted by atomic mass is 9.44. The number of nitrogens with one attached hydrogen (secondary N) is 1. The Hall–Kier alpha value is -5.25. The summed E-state index contributed by atoms with van der Waals surface area (Å²) in [6.07, 6.45) is -9.50. The van der Waals surface area contributed by atoms with Gasteiger partial charge in [-0.1, -0.05) is 80.6 Å². The van der Waals surface area contributed by atoms with E-state index in [2.05, 4.69) is 5.32 Å². The van der Waals surface area contributed by atoms with Crippen LogP contribution in [0.1, 0.15) is 86.7 Å². The number of ether oxygens (including phenoxy) is 5. The molecule has 1 saturated heterocycles. The summed E-state index contributed by atoms with van der Waals surface area (Å²) in [5.41, 5.74) is -5.98. The summed E-state index contributed by atoms with van der Waals surface area (Å²) in [4.78, 5) is 70.5. The van der Waals surface area contributed by atoms with Gasteiger partial charge in [-0.05, 0) is 61.7 Å². The average molecular weight is 840 g/mol. The molecule has 1 heterocycles. The Morgan fingerprint density at radius 2 is 1.49 bits per heavy atom. The molecule has 3 aromatic carbocycles. The summed E-state index contributed by atoms with van der Waals surface area (Å²) in [7, 11) is 0. The number of aliphatic hydroxyl groups is 3. The Balaban J connectivity index is 1.37. The van der Waals surface area contributed by atoms with Crippen LogP contribution in [0.3, 0.4) is 0 Å². The van der Waals surface area contributed by atoms with Crippen LogP contribution in [0.25, 0.3) is 0 Å². The number of fused-ring (bicyclic) bond motifs is 5. The number of Topliss-reactive ketones (excluding diaryl/α,β-unsaturated/α-hetero) is 1. The van der Waals surface area contributed by atoms with Gasteiger partial charge in [0.15, 0.2) is 17.5 Å². The standard InChI is InChI=1S/C47H53NO13/c1-7-57-37-34-26(2)31(59-43(55)36(51)35(28-17-11-8-12-18-28)48-41(53)29-19-13-9-14-20-29)24-47(56,44(34,4)5)40(60-42(54)30-21-15-10-16-22-30)38-45(6,39(37)52)32(50)23-33-46(38,25-58-33)61-27(3)49/h8-22,31-33,35-38,40,50-51,56H,7,23-25H2,1-6H3,(H,48,53)/t31-,32-,33+,35?,36+,37+,38?,40-,45+,46-,47+/m0/s1. The number of rotatable bonds is 11. The average Bonchev–Trinajstić information content (AvgIpc) is 3.24. The van der Waals surface area contributed by atoms with Gasteiger partial charge in [0, 0.05) is 37.4 Å². The molecule has 3 fully saturated rings. The predicted octanol–water partition coefficient (Wildman–Crippen LogP) is 4.21. The van der Waals surface area contributed by atoms with Crippen molar-refractivity contribution in [2.45, 2.75) is 108 Å². The van der Waals surface area contributed by atoms with Crippen molar-refractivity contribution in [3.63, 3.8) is 0 Å². The maximum atomic E-state index is 15.5. The molecule has 14 heteroatoms. The molecule has 0 spiro atoms. The van der Waals surface area contributed by atoms with Crippen molar-refractivity contribution < 1.29 is 63.0 Å². The number of ketones is 1. The zero-order valence-corrected chi connectivity index (χ0v) is 35.0. The molecule has 2 unspecified atom stereocenters. The van der Waals surface area contributed by atoms with Crippen LogP contribution in [-0.4, -0.2) is 106 Å². The van der Waals surface area contributed by atoms with Gasteiger partial charge in [0.25, 0.3) is 5.91 Å². The molecule has 61 heavy (non-hydrogen) atoms. The summed E-state index contributed by atoms with van der Waals surface area (Å²) in [5, 5.41) is 40.3. The highest BCUT2D eigenvalue weighted by Crippen LogP contribution is 2.64. The van der Waals surface area contributed by atoms with Crippen molar-refractivity contribution in [2.24, 2.45) is 16.7 Å². The molecular formula is C47H53NO13. The molecule has 2 saturated carbocycles. The first-order chi connectivity index (χ1) is 28.9. The van der Waals surface area contributed by atoms with Gasteiger partial charge in [0.05, 0.1) is 35.6 Å². The minimum absolute atomic E-state index is 0.00875. The SMILES string of the molecule is CCO[C@H]1C(=O)[C@@]2(C)C([C@H](OC(=O)c3ccccc3)[C@]3(O)C[C@H](OC(=O)[C@H](O)C(NC(=O)c4ccccc4)c4ccccc4)C(C)=C1C3(C)C)[C@]1(OC(C)=O)CO[C@@H]1C[C@@H]2O. The van der Waals surface area contributed by atoms with Gasteiger partial charge in [0.2, 0.25) is 0 Å². The molecule has 14 nitrogen and oxygen atoms in total. The van der Waals surface area contributed by atoms with Gasteiger partial charge < -0.3 is 44.3 Å². The molecule has 1 amide bonds. The van der Waals surface area contributed by atoms with Gasteiger partial charge in [-0.25, -0.2) is 9.59 Å². The summed E-state index contributed by atoms with van der Waals surface area (Å²) >= 11 is 0. The third kappa shape index (κ3) is 7.27. The second-order valence-electron chi connectivity index (χ2n) is 17.2. The quantitative estimate of drug-likeness (QED) is 0.122. The number of carbonyl (C=O) groups excluding carboxylic acids is 5. The van der Waals surface area contributed by atoms with Crippen molar-refractivity contribution in [2.75, 3.05) is 13.2 Å². The van der Waals surface area contributed by atoms with E-state index in [1.807, 2.05) is 0 Å². The molecule has 3 aliphatic carbocycles. The fourth-order valence-electron chi connectivity index (χ4n) is 10.2. The van der Waals surface area contributed by atoms with Gasteiger partial charge in [-0.2, -0.15) is 0 Å². The van der Waals surface area contributed by atoms with Gasteiger partial charge in [-0.3, -0.25) is 14.4 Å². The number of carbonyl (C=O) groups is 5. The van der Waals surface area contributed by atoms with Gasteiger partial charge in [0.1, 0.15) is 30.0 Å². The van der Waals surface area contributed by atoms with Crippen molar-refractivity contribution in [3.05, 3.63) is 119 Å². The molecule has 324 valence electrons. The van der Waals surface area contributed by atoms with Crippen LogP contribution < -0.4 is 5.32 Å². The molecule has 7 rings (SSSR count). The maximum absolute atomic E-state index is 15.5. The lowest BCUT2D eigenvalue weighted by Crippen LogP contribution is -2.81. The zero-order valence-electron chi connectivity index (χ0n) is 35.0. The first-order valence-electron chi connectivity index (χ1n) is 20.6. The Bertz CT molecular complexity index is 2190. The summed E-state index contributed by atoms with van der Waals surface area (Å²) < 4.78 is 30.9. The van der Waals surface area contributed by atoms with E-state index in [1.54, 1.807) is 107 Å². The van der Waals surface area contributed by atoms with Crippen LogP contribution in [0.4, 0.5) is 0 Å². The Morgan fingerprint density at radius 3 is 2.05 bits per heavy atom. The predicted molar refractivity (Wildman–Crippen MR) is 218 cm³/mol. The lowest BCUT2D eigenvalue weighted by Gasteiger charge is -2.67. The monoisotopic (exact) mass is 839 g/mol. The molecule has 0 radical (unpaired) electrons. The van der Waals surface area contributed by atoms with E-state index in [0.717, 1.165) is 0 Å². The molecule has 0 aromatic heterocycles. The van der Waals surface area contributed by atoms with Crippen LogP contribution in [-0.2, 0) is 38.1 Å².